The summed E-state index contributed by atoms with van der Waals surface area (Å²) in [6.45, 7) is 3.74. The van der Waals surface area contributed by atoms with E-state index in [9.17, 15) is 10.2 Å². The number of halogens is 1. The fourth-order valence-corrected chi connectivity index (χ4v) is 2.64. The van der Waals surface area contributed by atoms with Gasteiger partial charge in [0, 0.05) is 0 Å². The number of ether oxygens (including phenoxy) is 1. The fraction of sp³-hybridized carbons (Fsp3) is 1.00. The maximum atomic E-state index is 9.54. The van der Waals surface area contributed by atoms with Crippen molar-refractivity contribution in [2.45, 2.75) is 43.0 Å². The third-order valence-electron chi connectivity index (χ3n) is 2.10. The zero-order valence-corrected chi connectivity index (χ0v) is 9.26. The Morgan fingerprint density at radius 3 is 2.54 bits per heavy atom. The largest absolute Gasteiger partial charge is 0.389 e. The van der Waals surface area contributed by atoms with E-state index in [1.165, 1.54) is 0 Å². The topological polar surface area (TPSA) is 49.7 Å². The molecule has 0 unspecified atom stereocenters. The van der Waals surface area contributed by atoms with E-state index < -0.39 is 17.6 Å². The maximum absolute atomic E-state index is 9.54. The monoisotopic (exact) mass is 226 g/mol. The molecule has 0 saturated carbocycles. The van der Waals surface area contributed by atoms with Gasteiger partial charge in [-0.1, -0.05) is 6.92 Å². The molecule has 1 fully saturated rings. The molecule has 1 saturated heterocycles. The van der Waals surface area contributed by atoms with Crippen LogP contribution in [0, 0.1) is 0 Å². The van der Waals surface area contributed by atoms with Crippen molar-refractivity contribution in [1.82, 2.24) is 0 Å². The Kier molecular flexibility index (Phi) is 4.32. The second-order valence-corrected chi connectivity index (χ2v) is 4.97. The maximum Gasteiger partial charge on any atom is 0.122 e. The average molecular weight is 227 g/mol. The Hall–Kier alpha value is 0.520. The van der Waals surface area contributed by atoms with Gasteiger partial charge in [0.2, 0.25) is 0 Å². The summed E-state index contributed by atoms with van der Waals surface area (Å²) in [5, 5.41) is 18.4. The number of rotatable bonds is 2. The van der Waals surface area contributed by atoms with Crippen LogP contribution in [0.1, 0.15) is 13.8 Å². The van der Waals surface area contributed by atoms with Crippen LogP contribution in [0.5, 0.6) is 0 Å². The minimum atomic E-state index is -0.894. The molecule has 3 nitrogen and oxygen atoms in total. The molecule has 5 atom stereocenters. The summed E-state index contributed by atoms with van der Waals surface area (Å²) in [4.78, 5) is 0. The normalized spacial score (nSPS) is 46.4. The van der Waals surface area contributed by atoms with Gasteiger partial charge < -0.3 is 14.9 Å². The third-order valence-corrected chi connectivity index (χ3v) is 3.80. The quantitative estimate of drug-likeness (QED) is 0.685. The van der Waals surface area contributed by atoms with Crippen LogP contribution in [0.2, 0.25) is 0 Å². The van der Waals surface area contributed by atoms with E-state index in [2.05, 4.69) is 0 Å². The number of thioether (sulfide) groups is 1. The smallest absolute Gasteiger partial charge is 0.122 e. The molecule has 0 spiro atoms. The Bertz CT molecular complexity index is 169. The summed E-state index contributed by atoms with van der Waals surface area (Å²) >= 11 is 7.46. The number of aliphatic hydroxyl groups excluding tert-OH is 2. The van der Waals surface area contributed by atoms with E-state index in [0.29, 0.717) is 0 Å². The molecule has 0 aromatic carbocycles. The van der Waals surface area contributed by atoms with Crippen molar-refractivity contribution >= 4 is 23.4 Å². The van der Waals surface area contributed by atoms with Crippen LogP contribution >= 0.6 is 23.4 Å². The highest BCUT2D eigenvalue weighted by Gasteiger charge is 2.41. The van der Waals surface area contributed by atoms with Gasteiger partial charge in [-0.05, 0) is 12.7 Å². The average Bonchev–Trinajstić information content (AvgIpc) is 2.11. The van der Waals surface area contributed by atoms with Crippen LogP contribution < -0.4 is 0 Å². The zero-order valence-electron chi connectivity index (χ0n) is 7.68. The van der Waals surface area contributed by atoms with E-state index in [1.54, 1.807) is 18.7 Å². The van der Waals surface area contributed by atoms with E-state index in [0.717, 1.165) is 5.75 Å². The van der Waals surface area contributed by atoms with Gasteiger partial charge in [0.25, 0.3) is 0 Å². The van der Waals surface area contributed by atoms with E-state index in [1.807, 2.05) is 6.92 Å². The predicted molar refractivity (Wildman–Crippen MR) is 54.1 cm³/mol. The summed E-state index contributed by atoms with van der Waals surface area (Å²) in [6.07, 6.45) is -2.13. The molecular formula is C8H15ClO3S. The highest BCUT2D eigenvalue weighted by molar-refractivity contribution is 7.99. The molecule has 0 aromatic rings. The van der Waals surface area contributed by atoms with E-state index in [-0.39, 0.29) is 11.5 Å². The molecule has 0 aromatic heterocycles. The van der Waals surface area contributed by atoms with Crippen molar-refractivity contribution in [3.05, 3.63) is 0 Å². The molecule has 1 heterocycles. The van der Waals surface area contributed by atoms with Gasteiger partial charge in [0.05, 0.1) is 11.5 Å². The number of aliphatic hydroxyl groups is 2. The van der Waals surface area contributed by atoms with Crippen molar-refractivity contribution in [1.29, 1.82) is 0 Å². The lowest BCUT2D eigenvalue weighted by Crippen LogP contribution is -2.53. The predicted octanol–water partition coefficient (Wildman–Crippen LogP) is 0.813. The summed E-state index contributed by atoms with van der Waals surface area (Å²) in [5.74, 6) is 0.878. The second kappa shape index (κ2) is 4.84. The van der Waals surface area contributed by atoms with Crippen molar-refractivity contribution in [3.63, 3.8) is 0 Å². The van der Waals surface area contributed by atoms with E-state index >= 15 is 0 Å². The molecule has 1 rings (SSSR count). The highest BCUT2D eigenvalue weighted by atomic mass is 35.5. The van der Waals surface area contributed by atoms with Gasteiger partial charge in [0.1, 0.15) is 17.6 Å². The Labute approximate surface area is 87.4 Å². The highest BCUT2D eigenvalue weighted by Crippen LogP contribution is 2.31. The molecular weight excluding hydrogens is 212 g/mol. The molecule has 78 valence electrons. The standard InChI is InChI=1S/C8H15ClO3S/c1-3-13-8-5(9)7(11)6(10)4(2)12-8/h4-8,10-11H,3H2,1-2H3/t4-,5+,6-,7-,8-/m0/s1. The molecule has 13 heavy (non-hydrogen) atoms. The Morgan fingerprint density at radius 1 is 1.38 bits per heavy atom. The number of hydrogen-bond donors (Lipinski definition) is 2. The molecule has 0 amide bonds. The molecule has 2 N–H and O–H groups in total. The van der Waals surface area contributed by atoms with Crippen molar-refractivity contribution in [3.8, 4) is 0 Å². The molecule has 0 aliphatic carbocycles. The third kappa shape index (κ3) is 2.50. The van der Waals surface area contributed by atoms with Crippen LogP contribution in [-0.2, 0) is 4.74 Å². The lowest BCUT2D eigenvalue weighted by Gasteiger charge is -2.38. The van der Waals surface area contributed by atoms with Crippen LogP contribution in [0.25, 0.3) is 0 Å². The van der Waals surface area contributed by atoms with Crippen molar-refractivity contribution < 1.29 is 14.9 Å². The first-order chi connectivity index (χ1) is 6.07. The molecule has 0 radical (unpaired) electrons. The van der Waals surface area contributed by atoms with Gasteiger partial charge in [-0.2, -0.15) is 0 Å². The fourth-order valence-electron chi connectivity index (χ4n) is 1.29. The lowest BCUT2D eigenvalue weighted by molar-refractivity contribution is -0.134. The van der Waals surface area contributed by atoms with E-state index in [4.69, 9.17) is 16.3 Å². The van der Waals surface area contributed by atoms with Gasteiger partial charge >= 0.3 is 0 Å². The zero-order chi connectivity index (χ0) is 10.0. The minimum Gasteiger partial charge on any atom is -0.389 e. The van der Waals surface area contributed by atoms with Gasteiger partial charge in [-0.15, -0.1) is 23.4 Å². The second-order valence-electron chi connectivity index (χ2n) is 3.09. The molecule has 1 aliphatic heterocycles. The van der Waals surface area contributed by atoms with Gasteiger partial charge in [-0.25, -0.2) is 0 Å². The molecule has 5 heteroatoms. The molecule has 1 aliphatic rings. The first-order valence-electron chi connectivity index (χ1n) is 4.35. The summed E-state index contributed by atoms with van der Waals surface area (Å²) in [6, 6.07) is 0. The lowest BCUT2D eigenvalue weighted by atomic mass is 10.0. The Balaban J connectivity index is 2.59. The summed E-state index contributed by atoms with van der Waals surface area (Å²) < 4.78 is 5.44. The van der Waals surface area contributed by atoms with Crippen LogP contribution in [0.4, 0.5) is 0 Å². The molecule has 0 bridgehead atoms. The first kappa shape index (κ1) is 11.6. The van der Waals surface area contributed by atoms with Crippen LogP contribution in [0.15, 0.2) is 0 Å². The van der Waals surface area contributed by atoms with Gasteiger partial charge in [-0.3, -0.25) is 0 Å². The van der Waals surface area contributed by atoms with Crippen LogP contribution in [0.3, 0.4) is 0 Å². The number of alkyl halides is 1. The van der Waals surface area contributed by atoms with Crippen LogP contribution in [-0.4, -0.2) is 45.1 Å². The van der Waals surface area contributed by atoms with Crippen molar-refractivity contribution in [2.75, 3.05) is 5.75 Å². The number of hydrogen-bond acceptors (Lipinski definition) is 4. The minimum absolute atomic E-state index is 0.222. The summed E-state index contributed by atoms with van der Waals surface area (Å²) in [7, 11) is 0. The SMILES string of the molecule is CCS[C@@H]1O[C@@H](C)[C@H](O)[C@@H](O)[C@H]1Cl. The Morgan fingerprint density at radius 2 is 2.00 bits per heavy atom. The van der Waals surface area contributed by atoms with Crippen molar-refractivity contribution in [2.24, 2.45) is 0 Å². The first-order valence-corrected chi connectivity index (χ1v) is 5.83. The van der Waals surface area contributed by atoms with Gasteiger partial charge in [0.15, 0.2) is 0 Å². The summed E-state index contributed by atoms with van der Waals surface area (Å²) in [5.41, 5.74) is -0.222.